The highest BCUT2D eigenvalue weighted by Gasteiger charge is 2.34. The summed E-state index contributed by atoms with van der Waals surface area (Å²) in [6.07, 6.45) is 0. The van der Waals surface area contributed by atoms with E-state index in [1.165, 1.54) is 4.90 Å². The molecule has 2 aromatic rings. The van der Waals surface area contributed by atoms with Crippen LogP contribution in [-0.2, 0) is 11.3 Å². The van der Waals surface area contributed by atoms with Gasteiger partial charge in [0.15, 0.2) is 0 Å². The third-order valence-electron chi connectivity index (χ3n) is 3.46. The van der Waals surface area contributed by atoms with Gasteiger partial charge in [-0.3, -0.25) is 14.5 Å². The number of rotatable bonds is 1. The van der Waals surface area contributed by atoms with Gasteiger partial charge in [-0.2, -0.15) is 0 Å². The summed E-state index contributed by atoms with van der Waals surface area (Å²) in [5, 5.41) is 2.01. The molecule has 0 N–H and O–H groups in total. The molecule has 0 spiro atoms. The van der Waals surface area contributed by atoms with Crippen molar-refractivity contribution in [1.29, 1.82) is 0 Å². The van der Waals surface area contributed by atoms with Gasteiger partial charge in [-0.15, -0.1) is 11.3 Å². The average molecular weight is 262 g/mol. The maximum absolute atomic E-state index is 12.3. The van der Waals surface area contributed by atoms with E-state index in [4.69, 9.17) is 0 Å². The van der Waals surface area contributed by atoms with Crippen LogP contribution in [0.5, 0.6) is 0 Å². The van der Waals surface area contributed by atoms with Gasteiger partial charge in [-0.1, -0.05) is 13.8 Å². The number of nitrogens with zero attached hydrogens (tertiary/aromatic N) is 2. The van der Waals surface area contributed by atoms with Crippen molar-refractivity contribution in [3.05, 3.63) is 22.7 Å². The van der Waals surface area contributed by atoms with Gasteiger partial charge in [-0.25, -0.2) is 0 Å². The number of carbonyl (C=O) groups is 2. The van der Waals surface area contributed by atoms with Gasteiger partial charge >= 0.3 is 0 Å². The predicted molar refractivity (Wildman–Crippen MR) is 71.0 cm³/mol. The van der Waals surface area contributed by atoms with E-state index in [-0.39, 0.29) is 24.3 Å². The molecule has 0 saturated heterocycles. The summed E-state index contributed by atoms with van der Waals surface area (Å²) in [6, 6.07) is 1.99. The average Bonchev–Trinajstić information content (AvgIpc) is 2.86. The first-order valence-electron chi connectivity index (χ1n) is 5.92. The maximum Gasteiger partial charge on any atom is 0.277 e. The van der Waals surface area contributed by atoms with E-state index in [9.17, 15) is 9.59 Å². The maximum atomic E-state index is 12.3. The SMILES string of the molecule is CC(C)c1c2n(c3ccsc13)CC(=O)N(C)C2=O. The van der Waals surface area contributed by atoms with Gasteiger partial charge in [0.25, 0.3) is 5.91 Å². The molecule has 0 radical (unpaired) electrons. The second-order valence-electron chi connectivity index (χ2n) is 4.90. The van der Waals surface area contributed by atoms with Crippen molar-refractivity contribution in [2.24, 2.45) is 0 Å². The van der Waals surface area contributed by atoms with Crippen molar-refractivity contribution in [3.8, 4) is 0 Å². The zero-order chi connectivity index (χ0) is 13.0. The molecule has 0 unspecified atom stereocenters. The molecule has 1 aliphatic rings. The van der Waals surface area contributed by atoms with Crippen LogP contribution in [0.3, 0.4) is 0 Å². The van der Waals surface area contributed by atoms with Crippen LogP contribution >= 0.6 is 11.3 Å². The van der Waals surface area contributed by atoms with Crippen LogP contribution in [-0.4, -0.2) is 28.3 Å². The van der Waals surface area contributed by atoms with Crippen molar-refractivity contribution >= 4 is 33.4 Å². The quantitative estimate of drug-likeness (QED) is 0.741. The van der Waals surface area contributed by atoms with E-state index < -0.39 is 0 Å². The standard InChI is InChI=1S/C13H14N2O2S/c1-7(2)10-11-13(17)14(3)9(16)6-15(11)8-4-5-18-12(8)10/h4-5,7H,6H2,1-3H3. The van der Waals surface area contributed by atoms with Gasteiger partial charge in [0.05, 0.1) is 10.2 Å². The van der Waals surface area contributed by atoms with Crippen LogP contribution in [0.4, 0.5) is 0 Å². The van der Waals surface area contributed by atoms with Crippen molar-refractivity contribution in [3.63, 3.8) is 0 Å². The summed E-state index contributed by atoms with van der Waals surface area (Å²) in [4.78, 5) is 25.3. The van der Waals surface area contributed by atoms with Gasteiger partial charge < -0.3 is 4.57 Å². The summed E-state index contributed by atoms with van der Waals surface area (Å²) in [5.74, 6) is -0.0581. The molecule has 4 nitrogen and oxygen atoms in total. The number of thiophene rings is 1. The zero-order valence-electron chi connectivity index (χ0n) is 10.6. The van der Waals surface area contributed by atoms with E-state index in [0.717, 1.165) is 15.8 Å². The third kappa shape index (κ3) is 1.31. The van der Waals surface area contributed by atoms with Crippen LogP contribution in [0.25, 0.3) is 10.2 Å². The summed E-state index contributed by atoms with van der Waals surface area (Å²) in [6.45, 7) is 4.43. The van der Waals surface area contributed by atoms with Gasteiger partial charge in [-0.05, 0) is 17.4 Å². The Morgan fingerprint density at radius 2 is 2.06 bits per heavy atom. The van der Waals surface area contributed by atoms with Gasteiger partial charge in [0.2, 0.25) is 5.91 Å². The topological polar surface area (TPSA) is 42.3 Å². The minimum atomic E-state index is -0.182. The number of imide groups is 1. The van der Waals surface area contributed by atoms with Crippen LogP contribution in [0, 0.1) is 0 Å². The third-order valence-corrected chi connectivity index (χ3v) is 4.39. The lowest BCUT2D eigenvalue weighted by atomic mass is 10.0. The molecule has 18 heavy (non-hydrogen) atoms. The molecule has 0 fully saturated rings. The molecule has 3 heterocycles. The minimum Gasteiger partial charge on any atom is -0.326 e. The second-order valence-corrected chi connectivity index (χ2v) is 5.81. The van der Waals surface area contributed by atoms with E-state index >= 15 is 0 Å². The molecule has 5 heteroatoms. The molecule has 2 aromatic heterocycles. The molecule has 0 aromatic carbocycles. The summed E-state index contributed by atoms with van der Waals surface area (Å²) >= 11 is 1.64. The highest BCUT2D eigenvalue weighted by molar-refractivity contribution is 7.17. The Morgan fingerprint density at radius 3 is 2.72 bits per heavy atom. The normalized spacial score (nSPS) is 15.9. The van der Waals surface area contributed by atoms with Crippen molar-refractivity contribution < 1.29 is 9.59 Å². The Morgan fingerprint density at radius 1 is 1.33 bits per heavy atom. The molecule has 0 aliphatic carbocycles. The molecule has 0 bridgehead atoms. The molecule has 0 atom stereocenters. The van der Waals surface area contributed by atoms with Crippen LogP contribution in [0.1, 0.15) is 35.8 Å². The molecule has 1 aliphatic heterocycles. The van der Waals surface area contributed by atoms with E-state index in [2.05, 4.69) is 13.8 Å². The number of likely N-dealkylation sites (N-methyl/N-ethyl adjacent to an activating group) is 1. The summed E-state index contributed by atoms with van der Waals surface area (Å²) in [5.41, 5.74) is 2.77. The minimum absolute atomic E-state index is 0.147. The number of hydrogen-bond acceptors (Lipinski definition) is 3. The highest BCUT2D eigenvalue weighted by Crippen LogP contribution is 2.37. The number of hydrogen-bond donors (Lipinski definition) is 0. The summed E-state index contributed by atoms with van der Waals surface area (Å²) in [7, 11) is 1.55. The second kappa shape index (κ2) is 3.68. The van der Waals surface area contributed by atoms with Crippen molar-refractivity contribution in [2.45, 2.75) is 26.3 Å². The number of fused-ring (bicyclic) bond motifs is 3. The van der Waals surface area contributed by atoms with E-state index in [1.807, 2.05) is 16.0 Å². The fourth-order valence-corrected chi connectivity index (χ4v) is 3.63. The Balaban J connectivity index is 2.38. The monoisotopic (exact) mass is 262 g/mol. The Kier molecular flexibility index (Phi) is 2.35. The largest absolute Gasteiger partial charge is 0.326 e. The van der Waals surface area contributed by atoms with Gasteiger partial charge in [0, 0.05) is 12.6 Å². The molecular formula is C13H14N2O2S. The van der Waals surface area contributed by atoms with Crippen LogP contribution in [0.2, 0.25) is 0 Å². The zero-order valence-corrected chi connectivity index (χ0v) is 11.4. The smallest absolute Gasteiger partial charge is 0.277 e. The van der Waals surface area contributed by atoms with Crippen molar-refractivity contribution in [1.82, 2.24) is 9.47 Å². The molecule has 94 valence electrons. The lowest BCUT2D eigenvalue weighted by molar-refractivity contribution is -0.128. The molecule has 3 rings (SSSR count). The van der Waals surface area contributed by atoms with Crippen molar-refractivity contribution in [2.75, 3.05) is 7.05 Å². The Hall–Kier alpha value is -1.62. The van der Waals surface area contributed by atoms with Gasteiger partial charge in [0.1, 0.15) is 12.2 Å². The number of aromatic nitrogens is 1. The van der Waals surface area contributed by atoms with Crippen LogP contribution < -0.4 is 0 Å². The lowest BCUT2D eigenvalue weighted by Gasteiger charge is -2.24. The first kappa shape index (κ1) is 11.5. The Labute approximate surface area is 109 Å². The molecule has 2 amide bonds. The van der Waals surface area contributed by atoms with Crippen LogP contribution in [0.15, 0.2) is 11.4 Å². The highest BCUT2D eigenvalue weighted by atomic mass is 32.1. The van der Waals surface area contributed by atoms with E-state index in [1.54, 1.807) is 18.4 Å². The van der Waals surface area contributed by atoms with E-state index in [0.29, 0.717) is 5.69 Å². The first-order valence-corrected chi connectivity index (χ1v) is 6.80. The number of amides is 2. The number of carbonyl (C=O) groups excluding carboxylic acids is 2. The lowest BCUT2D eigenvalue weighted by Crippen LogP contribution is -2.42. The predicted octanol–water partition coefficient (Wildman–Crippen LogP) is 2.44. The molecular weight excluding hydrogens is 248 g/mol. The molecule has 0 saturated carbocycles. The Bertz CT molecular complexity index is 666. The summed E-state index contributed by atoms with van der Waals surface area (Å²) < 4.78 is 3.00. The fourth-order valence-electron chi connectivity index (χ4n) is 2.53. The first-order chi connectivity index (χ1) is 8.52. The fraction of sp³-hybridized carbons (Fsp3) is 0.385.